The fraction of sp³-hybridized carbons (Fsp3) is 0. The van der Waals surface area contributed by atoms with Crippen molar-refractivity contribution in [3.63, 3.8) is 0 Å². The van der Waals surface area contributed by atoms with Crippen LogP contribution in [-0.4, -0.2) is 24.8 Å². The molecular weight excluding hydrogens is 196 g/mol. The van der Waals surface area contributed by atoms with Gasteiger partial charge < -0.3 is 10.2 Å². The van der Waals surface area contributed by atoms with E-state index in [1.165, 1.54) is 6.39 Å². The van der Waals surface area contributed by atoms with Crippen molar-refractivity contribution in [1.82, 2.24) is 24.8 Å². The van der Waals surface area contributed by atoms with E-state index in [4.69, 9.17) is 10.2 Å². The van der Waals surface area contributed by atoms with Crippen LogP contribution in [-0.2, 0) is 0 Å². The Morgan fingerprint density at radius 1 is 1.33 bits per heavy atom. The summed E-state index contributed by atoms with van der Waals surface area (Å²) in [5.74, 6) is 0.590. The Balaban J connectivity index is 2.32. The molecule has 3 heterocycles. The SMILES string of the molecule is Nc1ncc2ccc(-c3nnco3)n2n1. The molecule has 0 spiro atoms. The Bertz CT molecular complexity index is 599. The van der Waals surface area contributed by atoms with Gasteiger partial charge in [-0.15, -0.1) is 15.3 Å². The van der Waals surface area contributed by atoms with Gasteiger partial charge in [0.05, 0.1) is 11.7 Å². The second-order valence-corrected chi connectivity index (χ2v) is 2.92. The van der Waals surface area contributed by atoms with E-state index in [0.29, 0.717) is 11.6 Å². The Kier molecular flexibility index (Phi) is 1.46. The van der Waals surface area contributed by atoms with Crippen LogP contribution in [0.1, 0.15) is 0 Å². The molecule has 74 valence electrons. The number of aromatic nitrogens is 5. The zero-order valence-electron chi connectivity index (χ0n) is 7.53. The molecule has 0 unspecified atom stereocenters. The van der Waals surface area contributed by atoms with Crippen LogP contribution in [0.3, 0.4) is 0 Å². The molecule has 3 aromatic rings. The molecule has 0 bridgehead atoms. The van der Waals surface area contributed by atoms with Crippen LogP contribution in [0.5, 0.6) is 0 Å². The summed E-state index contributed by atoms with van der Waals surface area (Å²) in [6.07, 6.45) is 2.89. The molecular formula is C8H6N6O. The predicted octanol–water partition coefficient (Wildman–Crippen LogP) is 0.361. The quantitative estimate of drug-likeness (QED) is 0.612. The lowest BCUT2D eigenvalue weighted by Gasteiger charge is -1.97. The summed E-state index contributed by atoms with van der Waals surface area (Å²) in [5.41, 5.74) is 7.00. The number of nitrogens with two attached hydrogens (primary N) is 1. The van der Waals surface area contributed by atoms with E-state index in [9.17, 15) is 0 Å². The van der Waals surface area contributed by atoms with Crippen molar-refractivity contribution < 1.29 is 4.42 Å². The third-order valence-electron chi connectivity index (χ3n) is 2.00. The number of anilines is 1. The lowest BCUT2D eigenvalue weighted by Crippen LogP contribution is -2.01. The van der Waals surface area contributed by atoms with Crippen LogP contribution in [0, 0.1) is 0 Å². The average molecular weight is 202 g/mol. The second-order valence-electron chi connectivity index (χ2n) is 2.92. The maximum Gasteiger partial charge on any atom is 0.266 e. The van der Waals surface area contributed by atoms with Crippen molar-refractivity contribution in [3.8, 4) is 11.6 Å². The van der Waals surface area contributed by atoms with E-state index in [-0.39, 0.29) is 5.95 Å². The van der Waals surface area contributed by atoms with Gasteiger partial charge in [-0.2, -0.15) is 0 Å². The number of hydrogen-bond donors (Lipinski definition) is 1. The molecule has 0 radical (unpaired) electrons. The molecule has 7 nitrogen and oxygen atoms in total. The van der Waals surface area contributed by atoms with Crippen molar-refractivity contribution >= 4 is 11.5 Å². The Labute approximate surface area is 83.6 Å². The van der Waals surface area contributed by atoms with Crippen LogP contribution >= 0.6 is 0 Å². The molecule has 0 saturated heterocycles. The standard InChI is InChI=1S/C8H6N6O/c9-8-10-3-5-1-2-6(14(5)13-8)7-12-11-4-15-7/h1-4H,(H2,9,13). The lowest BCUT2D eigenvalue weighted by atomic mass is 10.4. The normalized spacial score (nSPS) is 10.9. The number of hydrogen-bond acceptors (Lipinski definition) is 6. The summed E-state index contributed by atoms with van der Waals surface area (Å²) >= 11 is 0. The zero-order valence-corrected chi connectivity index (χ0v) is 7.53. The molecule has 3 rings (SSSR count). The van der Waals surface area contributed by atoms with Crippen LogP contribution in [0.2, 0.25) is 0 Å². The van der Waals surface area contributed by atoms with E-state index in [0.717, 1.165) is 5.52 Å². The van der Waals surface area contributed by atoms with E-state index in [2.05, 4.69) is 20.3 Å². The van der Waals surface area contributed by atoms with Gasteiger partial charge in [0.1, 0.15) is 5.69 Å². The van der Waals surface area contributed by atoms with Crippen molar-refractivity contribution in [1.29, 1.82) is 0 Å². The number of nitrogen functional groups attached to an aromatic ring is 1. The first-order valence-corrected chi connectivity index (χ1v) is 4.21. The Hall–Kier alpha value is -2.44. The molecule has 15 heavy (non-hydrogen) atoms. The summed E-state index contributed by atoms with van der Waals surface area (Å²) in [7, 11) is 0. The molecule has 0 saturated carbocycles. The molecule has 0 fully saturated rings. The molecule has 0 amide bonds. The van der Waals surface area contributed by atoms with Gasteiger partial charge in [-0.05, 0) is 12.1 Å². The van der Waals surface area contributed by atoms with Gasteiger partial charge in [0.15, 0.2) is 0 Å². The minimum absolute atomic E-state index is 0.194. The van der Waals surface area contributed by atoms with Crippen molar-refractivity contribution in [2.45, 2.75) is 0 Å². The van der Waals surface area contributed by atoms with Gasteiger partial charge in [-0.1, -0.05) is 0 Å². The number of fused-ring (bicyclic) bond motifs is 1. The highest BCUT2D eigenvalue weighted by Crippen LogP contribution is 2.18. The maximum atomic E-state index is 5.50. The van der Waals surface area contributed by atoms with Crippen molar-refractivity contribution in [2.24, 2.45) is 0 Å². The minimum Gasteiger partial charge on any atom is -0.422 e. The molecule has 0 aromatic carbocycles. The molecule has 2 N–H and O–H groups in total. The van der Waals surface area contributed by atoms with Gasteiger partial charge in [-0.3, -0.25) is 0 Å². The molecule has 7 heteroatoms. The molecule has 0 atom stereocenters. The topological polar surface area (TPSA) is 95.1 Å². The third kappa shape index (κ3) is 1.13. The summed E-state index contributed by atoms with van der Waals surface area (Å²) in [6.45, 7) is 0. The van der Waals surface area contributed by atoms with Gasteiger partial charge >= 0.3 is 0 Å². The minimum atomic E-state index is 0.194. The number of nitrogens with zero attached hydrogens (tertiary/aromatic N) is 5. The summed E-state index contributed by atoms with van der Waals surface area (Å²) in [5, 5.41) is 11.4. The average Bonchev–Trinajstić information content (AvgIpc) is 2.83. The van der Waals surface area contributed by atoms with E-state index in [1.807, 2.05) is 12.1 Å². The fourth-order valence-electron chi connectivity index (χ4n) is 1.36. The first kappa shape index (κ1) is 7.92. The molecule has 0 aliphatic heterocycles. The monoisotopic (exact) mass is 202 g/mol. The van der Waals surface area contributed by atoms with E-state index >= 15 is 0 Å². The summed E-state index contributed by atoms with van der Waals surface area (Å²) in [4.78, 5) is 3.88. The first-order chi connectivity index (χ1) is 7.34. The largest absolute Gasteiger partial charge is 0.422 e. The first-order valence-electron chi connectivity index (χ1n) is 4.21. The van der Waals surface area contributed by atoms with Gasteiger partial charge in [0, 0.05) is 0 Å². The van der Waals surface area contributed by atoms with Crippen LogP contribution in [0.25, 0.3) is 17.1 Å². The summed E-state index contributed by atoms with van der Waals surface area (Å²) < 4.78 is 6.69. The van der Waals surface area contributed by atoms with Crippen LogP contribution < -0.4 is 5.73 Å². The van der Waals surface area contributed by atoms with Crippen molar-refractivity contribution in [2.75, 3.05) is 5.73 Å². The molecule has 0 aliphatic carbocycles. The van der Waals surface area contributed by atoms with Crippen molar-refractivity contribution in [3.05, 3.63) is 24.7 Å². The highest BCUT2D eigenvalue weighted by Gasteiger charge is 2.10. The zero-order chi connectivity index (χ0) is 10.3. The van der Waals surface area contributed by atoms with Gasteiger partial charge in [0.25, 0.3) is 5.89 Å². The number of rotatable bonds is 1. The summed E-state index contributed by atoms with van der Waals surface area (Å²) in [6, 6.07) is 3.66. The Morgan fingerprint density at radius 3 is 3.07 bits per heavy atom. The molecule has 0 aliphatic rings. The van der Waals surface area contributed by atoms with E-state index < -0.39 is 0 Å². The smallest absolute Gasteiger partial charge is 0.266 e. The predicted molar refractivity (Wildman–Crippen MR) is 50.7 cm³/mol. The van der Waals surface area contributed by atoms with Gasteiger partial charge in [0.2, 0.25) is 12.3 Å². The van der Waals surface area contributed by atoms with Gasteiger partial charge in [-0.25, -0.2) is 9.50 Å². The van der Waals surface area contributed by atoms with Crippen LogP contribution in [0.4, 0.5) is 5.95 Å². The third-order valence-corrected chi connectivity index (χ3v) is 2.00. The highest BCUT2D eigenvalue weighted by molar-refractivity contribution is 5.59. The molecule has 3 aromatic heterocycles. The van der Waals surface area contributed by atoms with Crippen LogP contribution in [0.15, 0.2) is 29.1 Å². The second kappa shape index (κ2) is 2.77. The highest BCUT2D eigenvalue weighted by atomic mass is 16.4. The lowest BCUT2D eigenvalue weighted by molar-refractivity contribution is 0.564. The fourth-order valence-corrected chi connectivity index (χ4v) is 1.36. The Morgan fingerprint density at radius 2 is 2.27 bits per heavy atom. The maximum absolute atomic E-state index is 5.50. The van der Waals surface area contributed by atoms with E-state index in [1.54, 1.807) is 10.7 Å².